The van der Waals surface area contributed by atoms with Gasteiger partial charge in [-0.05, 0) is 78.4 Å². The summed E-state index contributed by atoms with van der Waals surface area (Å²) in [5.41, 5.74) is 8.38. The highest BCUT2D eigenvalue weighted by molar-refractivity contribution is 6.11. The maximum atomic E-state index is 6.33. The zero-order chi connectivity index (χ0) is 22.6. The number of hydrogen-bond acceptors (Lipinski definition) is 3. The first-order valence-electron chi connectivity index (χ1n) is 11.5. The molecule has 3 aromatic heterocycles. The van der Waals surface area contributed by atoms with Crippen LogP contribution in [-0.4, -0.2) is 9.97 Å². The fourth-order valence-electron chi connectivity index (χ4n) is 4.75. The van der Waals surface area contributed by atoms with Crippen molar-refractivity contribution in [3.63, 3.8) is 0 Å². The molecule has 0 saturated carbocycles. The minimum absolute atomic E-state index is 0.407. The predicted octanol–water partition coefficient (Wildman–Crippen LogP) is 8.13. The highest BCUT2D eigenvalue weighted by Crippen LogP contribution is 2.39. The molecule has 0 unspecified atom stereocenters. The summed E-state index contributed by atoms with van der Waals surface area (Å²) in [5, 5.41) is 4.63. The van der Waals surface area contributed by atoms with Gasteiger partial charge in [-0.15, -0.1) is 0 Å². The first kappa shape index (κ1) is 20.7. The molecule has 0 atom stereocenters. The number of nitrogens with zero attached hydrogens (tertiary/aromatic N) is 2. The van der Waals surface area contributed by atoms with E-state index in [2.05, 4.69) is 82.2 Å². The van der Waals surface area contributed by atoms with Crippen molar-refractivity contribution in [2.75, 3.05) is 0 Å². The number of fused-ring (bicyclic) bond motifs is 4. The molecule has 32 heavy (non-hydrogen) atoms. The van der Waals surface area contributed by atoms with E-state index in [1.807, 2.05) is 13.0 Å². The molecule has 0 fully saturated rings. The smallest absolute Gasteiger partial charge is 0.227 e. The van der Waals surface area contributed by atoms with Gasteiger partial charge in [0.1, 0.15) is 5.58 Å². The summed E-state index contributed by atoms with van der Waals surface area (Å²) >= 11 is 0. The Balaban J connectivity index is 1.83. The number of pyridine rings is 2. The van der Waals surface area contributed by atoms with Gasteiger partial charge in [0.05, 0.1) is 5.69 Å². The van der Waals surface area contributed by atoms with Crippen LogP contribution in [0.4, 0.5) is 0 Å². The Kier molecular flexibility index (Phi) is 5.00. The van der Waals surface area contributed by atoms with Crippen LogP contribution in [-0.2, 0) is 6.42 Å². The van der Waals surface area contributed by atoms with Crippen LogP contribution >= 0.6 is 0 Å². The predicted molar refractivity (Wildman–Crippen MR) is 134 cm³/mol. The lowest BCUT2D eigenvalue weighted by Crippen LogP contribution is -1.98. The maximum absolute atomic E-state index is 6.33. The molecule has 5 rings (SSSR count). The number of hydrogen-bond donors (Lipinski definition) is 0. The van der Waals surface area contributed by atoms with Crippen molar-refractivity contribution in [2.45, 2.75) is 53.9 Å². The second-order valence-corrected chi connectivity index (χ2v) is 9.79. The van der Waals surface area contributed by atoms with Crippen LogP contribution in [0.15, 0.2) is 53.1 Å². The van der Waals surface area contributed by atoms with E-state index in [9.17, 15) is 0 Å². The number of aryl methyl sites for hydroxylation is 2. The van der Waals surface area contributed by atoms with Crippen molar-refractivity contribution < 1.29 is 4.42 Å². The summed E-state index contributed by atoms with van der Waals surface area (Å²) < 4.78 is 6.33. The first-order valence-corrected chi connectivity index (χ1v) is 11.5. The summed E-state index contributed by atoms with van der Waals surface area (Å²) in [6.07, 6.45) is 3.13. The molecule has 162 valence electrons. The van der Waals surface area contributed by atoms with Gasteiger partial charge in [-0.2, -0.15) is 0 Å². The zero-order valence-corrected chi connectivity index (χ0v) is 19.8. The molecule has 2 aromatic carbocycles. The van der Waals surface area contributed by atoms with Gasteiger partial charge in [0.25, 0.3) is 0 Å². The summed E-state index contributed by atoms with van der Waals surface area (Å²) in [4.78, 5) is 9.62. The van der Waals surface area contributed by atoms with Gasteiger partial charge in [0.15, 0.2) is 0 Å². The van der Waals surface area contributed by atoms with Crippen molar-refractivity contribution in [1.82, 2.24) is 9.97 Å². The molecule has 3 nitrogen and oxygen atoms in total. The van der Waals surface area contributed by atoms with Crippen LogP contribution < -0.4 is 0 Å². The van der Waals surface area contributed by atoms with Crippen LogP contribution in [0.2, 0.25) is 0 Å². The van der Waals surface area contributed by atoms with Crippen LogP contribution in [0.3, 0.4) is 0 Å². The molecular weight excluding hydrogens is 392 g/mol. The zero-order valence-electron chi connectivity index (χ0n) is 19.8. The summed E-state index contributed by atoms with van der Waals surface area (Å²) in [7, 11) is 0. The largest absolute Gasteiger partial charge is 0.437 e. The Morgan fingerprint density at radius 2 is 1.62 bits per heavy atom. The van der Waals surface area contributed by atoms with Gasteiger partial charge >= 0.3 is 0 Å². The molecule has 0 saturated heterocycles. The van der Waals surface area contributed by atoms with Crippen LogP contribution in [0, 0.1) is 19.8 Å². The molecule has 0 bridgehead atoms. The first-order chi connectivity index (χ1) is 15.3. The van der Waals surface area contributed by atoms with E-state index in [0.29, 0.717) is 17.5 Å². The van der Waals surface area contributed by atoms with Crippen LogP contribution in [0.25, 0.3) is 44.1 Å². The van der Waals surface area contributed by atoms with E-state index in [1.165, 1.54) is 27.5 Å². The van der Waals surface area contributed by atoms with Gasteiger partial charge < -0.3 is 4.42 Å². The van der Waals surface area contributed by atoms with Crippen molar-refractivity contribution in [1.29, 1.82) is 0 Å². The molecule has 0 aliphatic heterocycles. The van der Waals surface area contributed by atoms with Crippen molar-refractivity contribution >= 4 is 32.8 Å². The Labute approximate surface area is 189 Å². The summed E-state index contributed by atoms with van der Waals surface area (Å²) in [6.45, 7) is 13.1. The van der Waals surface area contributed by atoms with E-state index in [0.717, 1.165) is 39.7 Å². The van der Waals surface area contributed by atoms with E-state index < -0.39 is 0 Å². The lowest BCUT2D eigenvalue weighted by Gasteiger charge is -2.15. The summed E-state index contributed by atoms with van der Waals surface area (Å²) in [6, 6.07) is 15.4. The van der Waals surface area contributed by atoms with Crippen molar-refractivity contribution in [3.8, 4) is 11.3 Å². The molecule has 0 aliphatic carbocycles. The molecule has 0 aliphatic rings. The van der Waals surface area contributed by atoms with E-state index >= 15 is 0 Å². The highest BCUT2D eigenvalue weighted by Gasteiger charge is 2.19. The SMILES string of the molecule is Cc1cc(-c2ncc(C(C)C)c3cc(CC(C)C)ccc23)c2oc3nc(C)ccc3c2c1. The molecule has 0 radical (unpaired) electrons. The Bertz CT molecular complexity index is 1470. The van der Waals surface area contributed by atoms with Gasteiger partial charge in [0, 0.05) is 33.6 Å². The van der Waals surface area contributed by atoms with E-state index in [4.69, 9.17) is 9.40 Å². The van der Waals surface area contributed by atoms with E-state index in [-0.39, 0.29) is 0 Å². The minimum atomic E-state index is 0.407. The average molecular weight is 423 g/mol. The highest BCUT2D eigenvalue weighted by atomic mass is 16.3. The van der Waals surface area contributed by atoms with Crippen LogP contribution in [0.5, 0.6) is 0 Å². The standard InChI is InChI=1S/C29H30N2O/c1-16(2)11-20-8-10-21-23(14-20)26(17(3)4)15-30-27(21)25-13-18(5)12-24-22-9-7-19(6)31-29(22)32-28(24)25/h7-10,12-17H,11H2,1-6H3. The minimum Gasteiger partial charge on any atom is -0.437 e. The number of benzene rings is 2. The number of rotatable bonds is 4. The third-order valence-electron chi connectivity index (χ3n) is 6.23. The molecule has 0 spiro atoms. The molecule has 0 N–H and O–H groups in total. The monoisotopic (exact) mass is 422 g/mol. The van der Waals surface area contributed by atoms with Gasteiger partial charge in [0.2, 0.25) is 5.71 Å². The maximum Gasteiger partial charge on any atom is 0.227 e. The van der Waals surface area contributed by atoms with E-state index in [1.54, 1.807) is 0 Å². The Morgan fingerprint density at radius 1 is 0.844 bits per heavy atom. The Hall–Kier alpha value is -3.20. The fourth-order valence-corrected chi connectivity index (χ4v) is 4.75. The molecule has 5 aromatic rings. The molecule has 3 heterocycles. The third kappa shape index (κ3) is 3.46. The third-order valence-corrected chi connectivity index (χ3v) is 6.23. The molecule has 0 amide bonds. The second kappa shape index (κ2) is 7.74. The van der Waals surface area contributed by atoms with Crippen LogP contribution in [0.1, 0.15) is 56.0 Å². The summed E-state index contributed by atoms with van der Waals surface area (Å²) in [5.74, 6) is 1.03. The quantitative estimate of drug-likeness (QED) is 0.293. The molecule has 3 heteroatoms. The number of aromatic nitrogens is 2. The second-order valence-electron chi connectivity index (χ2n) is 9.79. The van der Waals surface area contributed by atoms with Gasteiger partial charge in [-0.25, -0.2) is 4.98 Å². The van der Waals surface area contributed by atoms with Gasteiger partial charge in [-0.1, -0.05) is 45.9 Å². The van der Waals surface area contributed by atoms with Gasteiger partial charge in [-0.3, -0.25) is 4.98 Å². The topological polar surface area (TPSA) is 38.9 Å². The average Bonchev–Trinajstić information content (AvgIpc) is 3.09. The van der Waals surface area contributed by atoms with Crippen molar-refractivity contribution in [2.24, 2.45) is 5.92 Å². The van der Waals surface area contributed by atoms with Crippen molar-refractivity contribution in [3.05, 3.63) is 71.0 Å². The lowest BCUT2D eigenvalue weighted by atomic mass is 9.91. The number of furan rings is 1. The normalized spacial score (nSPS) is 12.1. The Morgan fingerprint density at radius 3 is 2.38 bits per heavy atom. The lowest BCUT2D eigenvalue weighted by molar-refractivity contribution is 0.648. The molecular formula is C29H30N2O. The fraction of sp³-hybridized carbons (Fsp3) is 0.310.